The fraction of sp³-hybridized carbons (Fsp3) is 0.136. The van der Waals surface area contributed by atoms with Crippen molar-refractivity contribution >= 4 is 5.97 Å². The highest BCUT2D eigenvalue weighted by Gasteiger charge is 2.17. The number of rotatable bonds is 7. The zero-order valence-corrected chi connectivity index (χ0v) is 15.2. The molecule has 27 heavy (non-hydrogen) atoms. The Labute approximate surface area is 158 Å². The van der Waals surface area contributed by atoms with Gasteiger partial charge in [0.15, 0.2) is 11.5 Å². The molecule has 5 nitrogen and oxygen atoms in total. The number of carbonyl (C=O) groups is 1. The lowest BCUT2D eigenvalue weighted by Gasteiger charge is -2.12. The second kappa shape index (κ2) is 8.76. The van der Waals surface area contributed by atoms with Crippen LogP contribution in [-0.2, 0) is 11.3 Å². The molecule has 0 heterocycles. The molecule has 0 atom stereocenters. The van der Waals surface area contributed by atoms with Crippen molar-refractivity contribution in [1.82, 2.24) is 0 Å². The van der Waals surface area contributed by atoms with Gasteiger partial charge in [0.25, 0.3) is 0 Å². The molecule has 3 rings (SSSR count). The first-order valence-corrected chi connectivity index (χ1v) is 8.41. The minimum atomic E-state index is -0.486. The molecule has 0 fully saturated rings. The van der Waals surface area contributed by atoms with Crippen LogP contribution in [0.4, 0.5) is 0 Å². The van der Waals surface area contributed by atoms with Gasteiger partial charge in [0.05, 0.1) is 14.2 Å². The van der Waals surface area contributed by atoms with Crippen molar-refractivity contribution in [3.8, 4) is 23.0 Å². The van der Waals surface area contributed by atoms with Crippen molar-refractivity contribution < 1.29 is 23.7 Å². The first kappa shape index (κ1) is 18.3. The van der Waals surface area contributed by atoms with Gasteiger partial charge in [-0.05, 0) is 42.0 Å². The van der Waals surface area contributed by atoms with Crippen LogP contribution in [0, 0.1) is 0 Å². The molecule has 0 aliphatic heterocycles. The van der Waals surface area contributed by atoms with E-state index < -0.39 is 5.97 Å². The van der Waals surface area contributed by atoms with Crippen LogP contribution in [0.1, 0.15) is 15.9 Å². The van der Waals surface area contributed by atoms with Crippen LogP contribution < -0.4 is 14.2 Å². The highest BCUT2D eigenvalue weighted by Crippen LogP contribution is 2.31. The molecule has 0 saturated carbocycles. The minimum absolute atomic E-state index is 0.116. The van der Waals surface area contributed by atoms with Crippen LogP contribution in [0.2, 0.25) is 0 Å². The molecule has 3 aromatic rings. The van der Waals surface area contributed by atoms with Crippen LogP contribution in [0.25, 0.3) is 0 Å². The predicted octanol–water partition coefficient (Wildman–Crippen LogP) is 4.85. The Hall–Kier alpha value is -3.47. The zero-order chi connectivity index (χ0) is 19.1. The van der Waals surface area contributed by atoms with Gasteiger partial charge in [0, 0.05) is 0 Å². The lowest BCUT2D eigenvalue weighted by Crippen LogP contribution is -2.08. The van der Waals surface area contributed by atoms with E-state index >= 15 is 0 Å². The van der Waals surface area contributed by atoms with Gasteiger partial charge in [-0.15, -0.1) is 0 Å². The zero-order valence-electron chi connectivity index (χ0n) is 15.2. The third kappa shape index (κ3) is 4.58. The summed E-state index contributed by atoms with van der Waals surface area (Å²) in [6, 6.07) is 22.0. The van der Waals surface area contributed by atoms with Gasteiger partial charge in [-0.1, -0.05) is 36.4 Å². The molecular weight excluding hydrogens is 344 g/mol. The Balaban J connectivity index is 1.68. The summed E-state index contributed by atoms with van der Waals surface area (Å²) >= 11 is 0. The van der Waals surface area contributed by atoms with Gasteiger partial charge in [-0.25, -0.2) is 4.79 Å². The van der Waals surface area contributed by atoms with Crippen molar-refractivity contribution in [1.29, 1.82) is 0 Å². The average molecular weight is 364 g/mol. The summed E-state index contributed by atoms with van der Waals surface area (Å²) in [5.41, 5.74) is 1.13. The molecule has 0 saturated heterocycles. The third-order valence-electron chi connectivity index (χ3n) is 3.87. The van der Waals surface area contributed by atoms with Crippen molar-refractivity contribution in [2.24, 2.45) is 0 Å². The molecule has 3 aromatic carbocycles. The maximum atomic E-state index is 12.5. The fourth-order valence-corrected chi connectivity index (χ4v) is 2.60. The van der Waals surface area contributed by atoms with E-state index in [9.17, 15) is 4.79 Å². The molecule has 138 valence electrons. The number of ether oxygens (including phenoxy) is 4. The first-order chi connectivity index (χ1) is 13.2. The molecule has 0 unspecified atom stereocenters. The monoisotopic (exact) mass is 364 g/mol. The van der Waals surface area contributed by atoms with Crippen molar-refractivity contribution in [3.05, 3.63) is 83.9 Å². The summed E-state index contributed by atoms with van der Waals surface area (Å²) in [5, 5.41) is 0. The molecule has 5 heteroatoms. The Kier molecular flexibility index (Phi) is 5.94. The average Bonchev–Trinajstić information content (AvgIpc) is 2.72. The Morgan fingerprint density at radius 1 is 0.815 bits per heavy atom. The molecule has 0 amide bonds. The number of benzene rings is 3. The molecular formula is C22H20O5. The lowest BCUT2D eigenvalue weighted by atomic mass is 10.2. The van der Waals surface area contributed by atoms with E-state index in [2.05, 4.69) is 0 Å². The van der Waals surface area contributed by atoms with Gasteiger partial charge in [-0.3, -0.25) is 0 Å². The topological polar surface area (TPSA) is 54.0 Å². The highest BCUT2D eigenvalue weighted by molar-refractivity contribution is 5.93. The highest BCUT2D eigenvalue weighted by atomic mass is 16.5. The van der Waals surface area contributed by atoms with E-state index in [4.69, 9.17) is 18.9 Å². The smallest absolute Gasteiger partial charge is 0.342 e. The minimum Gasteiger partial charge on any atom is -0.493 e. The van der Waals surface area contributed by atoms with E-state index in [1.165, 1.54) is 14.2 Å². The van der Waals surface area contributed by atoms with Gasteiger partial charge < -0.3 is 18.9 Å². The maximum absolute atomic E-state index is 12.5. The Morgan fingerprint density at radius 2 is 1.56 bits per heavy atom. The van der Waals surface area contributed by atoms with Crippen molar-refractivity contribution in [3.63, 3.8) is 0 Å². The summed E-state index contributed by atoms with van der Waals surface area (Å²) in [6.45, 7) is 0.116. The second-order valence-corrected chi connectivity index (χ2v) is 5.68. The standard InChI is InChI=1S/C22H20O5/c1-24-20-13-7-12-19(21(20)25-2)22(23)26-15-16-8-6-11-18(14-16)27-17-9-4-3-5-10-17/h3-14H,15H2,1-2H3. The molecule has 0 aliphatic carbocycles. The van der Waals surface area contributed by atoms with Gasteiger partial charge >= 0.3 is 5.97 Å². The number of esters is 1. The van der Waals surface area contributed by atoms with Gasteiger partial charge in [0.2, 0.25) is 0 Å². The van der Waals surface area contributed by atoms with Crippen LogP contribution in [0.3, 0.4) is 0 Å². The van der Waals surface area contributed by atoms with Crippen molar-refractivity contribution in [2.75, 3.05) is 14.2 Å². The van der Waals surface area contributed by atoms with Crippen molar-refractivity contribution in [2.45, 2.75) is 6.61 Å². The largest absolute Gasteiger partial charge is 0.493 e. The Morgan fingerprint density at radius 3 is 2.30 bits per heavy atom. The summed E-state index contributed by atoms with van der Waals surface area (Å²) in [7, 11) is 3.00. The Bertz CT molecular complexity index is 906. The fourth-order valence-electron chi connectivity index (χ4n) is 2.60. The molecule has 0 radical (unpaired) electrons. The molecule has 0 aliphatic rings. The van der Waals surface area contributed by atoms with Crippen LogP contribution in [-0.4, -0.2) is 20.2 Å². The normalized spacial score (nSPS) is 10.1. The third-order valence-corrected chi connectivity index (χ3v) is 3.87. The molecule has 0 spiro atoms. The second-order valence-electron chi connectivity index (χ2n) is 5.68. The van der Waals surface area contributed by atoms with E-state index in [1.807, 2.05) is 54.6 Å². The molecule has 0 aromatic heterocycles. The predicted molar refractivity (Wildman–Crippen MR) is 102 cm³/mol. The first-order valence-electron chi connectivity index (χ1n) is 8.41. The molecule has 0 bridgehead atoms. The molecule has 0 N–H and O–H groups in total. The summed E-state index contributed by atoms with van der Waals surface area (Å²) in [5.74, 6) is 1.76. The van der Waals surface area contributed by atoms with E-state index in [0.717, 1.165) is 11.3 Å². The number of methoxy groups -OCH3 is 2. The van der Waals surface area contributed by atoms with Crippen LogP contribution >= 0.6 is 0 Å². The van der Waals surface area contributed by atoms with Gasteiger partial charge in [-0.2, -0.15) is 0 Å². The summed E-state index contributed by atoms with van der Waals surface area (Å²) in [4.78, 5) is 12.5. The van der Waals surface area contributed by atoms with E-state index in [0.29, 0.717) is 22.8 Å². The summed E-state index contributed by atoms with van der Waals surface area (Å²) in [6.07, 6.45) is 0. The van der Waals surface area contributed by atoms with Gasteiger partial charge in [0.1, 0.15) is 23.7 Å². The number of hydrogen-bond acceptors (Lipinski definition) is 5. The van der Waals surface area contributed by atoms with Crippen LogP contribution in [0.15, 0.2) is 72.8 Å². The van der Waals surface area contributed by atoms with Crippen LogP contribution in [0.5, 0.6) is 23.0 Å². The number of carbonyl (C=O) groups excluding carboxylic acids is 1. The maximum Gasteiger partial charge on any atom is 0.342 e. The quantitative estimate of drug-likeness (QED) is 0.561. The lowest BCUT2D eigenvalue weighted by molar-refractivity contribution is 0.0468. The van der Waals surface area contributed by atoms with E-state index in [-0.39, 0.29) is 6.61 Å². The van der Waals surface area contributed by atoms with E-state index in [1.54, 1.807) is 18.2 Å². The summed E-state index contributed by atoms with van der Waals surface area (Å²) < 4.78 is 21.7. The SMILES string of the molecule is COc1cccc(C(=O)OCc2cccc(Oc3ccccc3)c2)c1OC. The number of para-hydroxylation sites is 2. The number of hydrogen-bond donors (Lipinski definition) is 0.